The van der Waals surface area contributed by atoms with Crippen LogP contribution in [0.1, 0.15) is 23.7 Å². The Kier molecular flexibility index (Phi) is 6.09. The molecule has 1 rings (SSSR count). The van der Waals surface area contributed by atoms with E-state index in [-0.39, 0.29) is 12.0 Å². The first-order valence-corrected chi connectivity index (χ1v) is 6.39. The minimum absolute atomic E-state index is 0.198. The van der Waals surface area contributed by atoms with Crippen molar-refractivity contribution in [1.82, 2.24) is 10.6 Å². The van der Waals surface area contributed by atoms with Gasteiger partial charge in [0.25, 0.3) is 0 Å². The van der Waals surface area contributed by atoms with Gasteiger partial charge in [-0.15, -0.1) is 0 Å². The molecule has 1 heterocycles. The van der Waals surface area contributed by atoms with Crippen molar-refractivity contribution in [2.24, 2.45) is 0 Å². The molecule has 94 valence electrons. The number of esters is 1. The minimum Gasteiger partial charge on any atom is -0.462 e. The van der Waals surface area contributed by atoms with Crippen molar-refractivity contribution in [1.29, 1.82) is 0 Å². The van der Waals surface area contributed by atoms with Crippen LogP contribution in [0.25, 0.3) is 0 Å². The molecule has 0 atom stereocenters. The van der Waals surface area contributed by atoms with E-state index in [4.69, 9.17) is 4.74 Å². The summed E-state index contributed by atoms with van der Waals surface area (Å²) in [5.74, 6) is -0.316. The Labute approximate surface area is 104 Å². The van der Waals surface area contributed by atoms with Gasteiger partial charge in [0, 0.05) is 18.5 Å². The fraction of sp³-hybridized carbons (Fsp3) is 0.455. The lowest BCUT2D eigenvalue weighted by Gasteiger charge is -2.06. The summed E-state index contributed by atoms with van der Waals surface area (Å²) in [6.07, 6.45) is 0.604. The van der Waals surface area contributed by atoms with Crippen LogP contribution in [0.5, 0.6) is 0 Å². The van der Waals surface area contributed by atoms with Crippen molar-refractivity contribution in [2.45, 2.75) is 13.3 Å². The molecule has 0 aliphatic carbocycles. The highest BCUT2D eigenvalue weighted by atomic mass is 32.1. The van der Waals surface area contributed by atoms with Crippen LogP contribution in [0.2, 0.25) is 0 Å². The molecule has 2 N–H and O–H groups in total. The van der Waals surface area contributed by atoms with E-state index in [1.165, 1.54) is 11.3 Å². The number of carbonyl (C=O) groups is 2. The van der Waals surface area contributed by atoms with Crippen LogP contribution >= 0.6 is 11.3 Å². The Morgan fingerprint density at radius 1 is 1.41 bits per heavy atom. The number of rotatable bonds is 6. The number of urea groups is 1. The van der Waals surface area contributed by atoms with Gasteiger partial charge in [-0.25, -0.2) is 9.59 Å². The third kappa shape index (κ3) is 5.35. The second kappa shape index (κ2) is 7.67. The Morgan fingerprint density at radius 2 is 2.24 bits per heavy atom. The summed E-state index contributed by atoms with van der Waals surface area (Å²) in [5, 5.41) is 8.84. The molecule has 5 nitrogen and oxygen atoms in total. The molecule has 0 spiro atoms. The average Bonchev–Trinajstić information content (AvgIpc) is 2.82. The quantitative estimate of drug-likeness (QED) is 0.600. The van der Waals surface area contributed by atoms with Gasteiger partial charge in [0.05, 0.1) is 12.2 Å². The second-order valence-electron chi connectivity index (χ2n) is 3.29. The molecule has 2 amide bonds. The van der Waals surface area contributed by atoms with Crippen molar-refractivity contribution in [3.05, 3.63) is 22.4 Å². The first kappa shape index (κ1) is 13.5. The number of thiophene rings is 1. The third-order valence-electron chi connectivity index (χ3n) is 1.93. The van der Waals surface area contributed by atoms with Gasteiger partial charge in [-0.1, -0.05) is 0 Å². The van der Waals surface area contributed by atoms with Crippen LogP contribution in [0.15, 0.2) is 16.8 Å². The molecule has 0 bridgehead atoms. The lowest BCUT2D eigenvalue weighted by atomic mass is 10.3. The molecule has 0 saturated carbocycles. The van der Waals surface area contributed by atoms with Gasteiger partial charge in [0.1, 0.15) is 0 Å². The van der Waals surface area contributed by atoms with Crippen LogP contribution in [0.3, 0.4) is 0 Å². The predicted molar refractivity (Wildman–Crippen MR) is 66.3 cm³/mol. The molecular formula is C11H16N2O3S. The molecular weight excluding hydrogens is 240 g/mol. The number of amides is 2. The number of nitrogens with one attached hydrogen (secondary N) is 2. The summed E-state index contributed by atoms with van der Waals surface area (Å²) < 4.78 is 5.02. The molecule has 0 saturated heterocycles. The molecule has 17 heavy (non-hydrogen) atoms. The first-order valence-electron chi connectivity index (χ1n) is 5.45. The van der Waals surface area contributed by atoms with Gasteiger partial charge < -0.3 is 15.4 Å². The van der Waals surface area contributed by atoms with Crippen molar-refractivity contribution in [3.8, 4) is 0 Å². The molecule has 0 unspecified atom stereocenters. The molecule has 1 aromatic heterocycles. The summed E-state index contributed by atoms with van der Waals surface area (Å²) in [6.45, 7) is 3.24. The second-order valence-corrected chi connectivity index (χ2v) is 4.07. The molecule has 1 aromatic rings. The monoisotopic (exact) mass is 256 g/mol. The summed E-state index contributed by atoms with van der Waals surface area (Å²) in [5.41, 5.74) is 0.576. The van der Waals surface area contributed by atoms with E-state index >= 15 is 0 Å². The Hall–Kier alpha value is -1.56. The van der Waals surface area contributed by atoms with Crippen LogP contribution < -0.4 is 10.6 Å². The summed E-state index contributed by atoms with van der Waals surface area (Å²) >= 11 is 1.45. The summed E-state index contributed by atoms with van der Waals surface area (Å²) in [7, 11) is 0. The summed E-state index contributed by atoms with van der Waals surface area (Å²) in [4.78, 5) is 22.4. The highest BCUT2D eigenvalue weighted by Gasteiger charge is 2.06. The predicted octanol–water partition coefficient (Wildman–Crippen LogP) is 1.61. The number of hydrogen-bond acceptors (Lipinski definition) is 4. The van der Waals surface area contributed by atoms with Crippen LogP contribution in [-0.4, -0.2) is 31.7 Å². The van der Waals surface area contributed by atoms with Crippen LogP contribution in [0, 0.1) is 0 Å². The highest BCUT2D eigenvalue weighted by molar-refractivity contribution is 7.08. The molecule has 0 aromatic carbocycles. The lowest BCUT2D eigenvalue weighted by molar-refractivity contribution is 0.0502. The van der Waals surface area contributed by atoms with Crippen molar-refractivity contribution in [3.63, 3.8) is 0 Å². The Morgan fingerprint density at radius 3 is 2.88 bits per heavy atom. The molecule has 0 fully saturated rings. The van der Waals surface area contributed by atoms with E-state index < -0.39 is 0 Å². The zero-order chi connectivity index (χ0) is 12.5. The Bertz CT molecular complexity index is 352. The SMILES string of the molecule is CCNC(=O)NCCCOC(=O)c1ccsc1. The normalized spacial score (nSPS) is 9.71. The van der Waals surface area contributed by atoms with Gasteiger partial charge in [-0.2, -0.15) is 11.3 Å². The maximum atomic E-state index is 11.4. The van der Waals surface area contributed by atoms with Gasteiger partial charge in [0.2, 0.25) is 0 Å². The molecule has 6 heteroatoms. The zero-order valence-electron chi connectivity index (χ0n) is 9.69. The number of hydrogen-bond donors (Lipinski definition) is 2. The molecule has 0 aliphatic heterocycles. The fourth-order valence-corrected chi connectivity index (χ4v) is 1.75. The van der Waals surface area contributed by atoms with Crippen molar-refractivity contribution >= 4 is 23.3 Å². The van der Waals surface area contributed by atoms with Crippen LogP contribution in [-0.2, 0) is 4.74 Å². The topological polar surface area (TPSA) is 67.4 Å². The maximum absolute atomic E-state index is 11.4. The van der Waals surface area contributed by atoms with E-state index in [2.05, 4.69) is 10.6 Å². The number of ether oxygens (including phenoxy) is 1. The fourth-order valence-electron chi connectivity index (χ4n) is 1.13. The largest absolute Gasteiger partial charge is 0.462 e. The van der Waals surface area contributed by atoms with Gasteiger partial charge in [-0.05, 0) is 24.8 Å². The standard InChI is InChI=1S/C11H16N2O3S/c1-2-12-11(15)13-5-3-6-16-10(14)9-4-7-17-8-9/h4,7-8H,2-3,5-6H2,1H3,(H2,12,13,15). The molecule has 0 radical (unpaired) electrons. The molecule has 0 aliphatic rings. The van der Waals surface area contributed by atoms with Crippen LogP contribution in [0.4, 0.5) is 4.79 Å². The van der Waals surface area contributed by atoms with E-state index in [0.717, 1.165) is 0 Å². The minimum atomic E-state index is -0.316. The van der Waals surface area contributed by atoms with E-state index in [1.807, 2.05) is 12.3 Å². The van der Waals surface area contributed by atoms with Gasteiger partial charge >= 0.3 is 12.0 Å². The van der Waals surface area contributed by atoms with Crippen molar-refractivity contribution in [2.75, 3.05) is 19.7 Å². The maximum Gasteiger partial charge on any atom is 0.338 e. The zero-order valence-corrected chi connectivity index (χ0v) is 10.5. The third-order valence-corrected chi connectivity index (χ3v) is 2.62. The lowest BCUT2D eigenvalue weighted by Crippen LogP contribution is -2.36. The summed E-state index contributed by atoms with van der Waals surface area (Å²) in [6, 6.07) is 1.52. The average molecular weight is 256 g/mol. The number of carbonyl (C=O) groups excluding carboxylic acids is 2. The first-order chi connectivity index (χ1) is 8.24. The van der Waals surface area contributed by atoms with Gasteiger partial charge in [-0.3, -0.25) is 0 Å². The smallest absolute Gasteiger partial charge is 0.338 e. The van der Waals surface area contributed by atoms with E-state index in [9.17, 15) is 9.59 Å². The Balaban J connectivity index is 2.05. The van der Waals surface area contributed by atoms with Gasteiger partial charge in [0.15, 0.2) is 0 Å². The van der Waals surface area contributed by atoms with E-state index in [0.29, 0.717) is 31.7 Å². The van der Waals surface area contributed by atoms with Crippen molar-refractivity contribution < 1.29 is 14.3 Å². The van der Waals surface area contributed by atoms with E-state index in [1.54, 1.807) is 11.4 Å². The highest BCUT2D eigenvalue weighted by Crippen LogP contribution is 2.07.